The van der Waals surface area contributed by atoms with E-state index in [1.807, 2.05) is 27.7 Å². The van der Waals surface area contributed by atoms with Gasteiger partial charge in [-0.3, -0.25) is 84.8 Å². The van der Waals surface area contributed by atoms with E-state index in [2.05, 4.69) is 41.2 Å². The molecule has 4 fully saturated rings. The Bertz CT molecular complexity index is 5690. The highest BCUT2D eigenvalue weighted by Crippen LogP contribution is 2.48. The molecule has 4 unspecified atom stereocenters. The van der Waals surface area contributed by atoms with Crippen molar-refractivity contribution in [3.05, 3.63) is 167 Å². The van der Waals surface area contributed by atoms with Gasteiger partial charge in [-0.25, -0.2) is 52.7 Å². The van der Waals surface area contributed by atoms with Crippen LogP contribution in [0.2, 0.25) is 0 Å². The molecule has 4 saturated heterocycles. The van der Waals surface area contributed by atoms with Crippen molar-refractivity contribution in [1.82, 2.24) is 38.2 Å². The number of rotatable bonds is 33. The third-order valence-electron chi connectivity index (χ3n) is 19.3. The molecule has 10 rings (SSSR count). The van der Waals surface area contributed by atoms with E-state index in [0.29, 0.717) is 62.2 Å². The van der Waals surface area contributed by atoms with Gasteiger partial charge >= 0.3 is 100 Å². The van der Waals surface area contributed by atoms with Crippen LogP contribution in [0.3, 0.4) is 0 Å². The number of unbranched alkanes of at least 4 members (excludes halogenated alkanes) is 4. The number of hydrogen-bond acceptors (Lipinski definition) is 44. The number of Topliss-reactive ketones (excluding diaryl/α,β-unsaturated/α-hetero) is 1. The van der Waals surface area contributed by atoms with Crippen LogP contribution in [0.15, 0.2) is 92.5 Å². The van der Waals surface area contributed by atoms with Gasteiger partial charge in [-0.1, -0.05) is 53.4 Å². The van der Waals surface area contributed by atoms with E-state index in [-0.39, 0.29) is 49.7 Å². The van der Waals surface area contributed by atoms with E-state index in [9.17, 15) is 146 Å². The van der Waals surface area contributed by atoms with E-state index < -0.39 is 271 Å². The standard InChI is InChI=1S/C21H21F2N5O12.2C19H27F2N3O8.C14H19F2N3O6.C8H6N2O6/c1-2-3-6-38-20(33)25-14-4-5-26(19(32)24-14)18-21(22,23)16(30)13(40-18)9-39-17(31)11-7-10(27(34)35)8-12(15(11)29)28(36)37;2*1-5-6-9-29-16(27)23-12-7-8-24(15(26)22-12)14-19(20,21)13(11(10-25)30-14)31-17(28)32-18(2,3)4;1-2-3-6-24-13(23)18-9-4-5-19(12(22)17-9)11-14(15,16)10(21)8(7-20)25-11;1-4(11)6-2-5(9(13)14)3-7(8(6)12)10(15)16/h4-5,7-8,13,16,18,29-30H,2-3,6,9H2,1H3,(H,24,25,32,33);2*7-8,11,13-14,25H,5-6,9-10H2,1-4H3,(H,22,23,26,27);4-5,8,10-11,20-21H,2-3,6-7H2,1H3,(H,17,18,22,23);2-3,12H,1H3/t13-,16?,18-;2*11-,13?,14-;8-,10?,11-;/m1111./s1. The van der Waals surface area contributed by atoms with Crippen molar-refractivity contribution in [2.75, 3.05) is 74.1 Å². The van der Waals surface area contributed by atoms with Crippen molar-refractivity contribution in [2.24, 2.45) is 0 Å². The number of nitro groups is 4. The summed E-state index contributed by atoms with van der Waals surface area (Å²) in [5, 5.41) is 118. The van der Waals surface area contributed by atoms with E-state index in [1.165, 1.54) is 41.5 Å². The van der Waals surface area contributed by atoms with Crippen LogP contribution in [-0.4, -0.2) is 279 Å². The summed E-state index contributed by atoms with van der Waals surface area (Å²) in [4.78, 5) is 195. The number of phenols is 2. The summed E-state index contributed by atoms with van der Waals surface area (Å²) in [5.41, 5.74) is -11.8. The quantitative estimate of drug-likeness (QED) is 0.00349. The number of halogens is 8. The molecular formula is C81H100F8N16O40. The zero-order chi connectivity index (χ0) is 109. The van der Waals surface area contributed by atoms with Crippen LogP contribution in [0.1, 0.15) is 173 Å². The highest BCUT2D eigenvalue weighted by atomic mass is 19.3. The molecule has 64 heteroatoms. The first kappa shape index (κ1) is 119. The average Bonchev–Trinajstić information content (AvgIpc) is 1.66. The van der Waals surface area contributed by atoms with Gasteiger partial charge in [-0.15, -0.1) is 0 Å². The number of anilines is 4. The normalized spacial score (nSPS) is 20.6. The van der Waals surface area contributed by atoms with Crippen molar-refractivity contribution in [3.8, 4) is 11.5 Å². The van der Waals surface area contributed by atoms with E-state index >= 15 is 17.6 Å². The summed E-state index contributed by atoms with van der Waals surface area (Å²) < 4.78 is 183. The lowest BCUT2D eigenvalue weighted by Crippen LogP contribution is -2.45. The largest absolute Gasteiger partial charge is 0.509 e. The van der Waals surface area contributed by atoms with Gasteiger partial charge in [0.15, 0.2) is 18.0 Å². The fourth-order valence-electron chi connectivity index (χ4n) is 12.3. The first-order valence-corrected chi connectivity index (χ1v) is 42.9. The van der Waals surface area contributed by atoms with Crippen LogP contribution in [-0.2, 0) is 61.6 Å². The van der Waals surface area contributed by atoms with Gasteiger partial charge in [-0.05, 0) is 98.4 Å². The molecule has 11 N–H and O–H groups in total. The molecule has 0 aliphatic carbocycles. The summed E-state index contributed by atoms with van der Waals surface area (Å²) in [6.45, 7) is 14.6. The number of amides is 4. The van der Waals surface area contributed by atoms with Gasteiger partial charge in [0.25, 0.3) is 11.4 Å². The summed E-state index contributed by atoms with van der Waals surface area (Å²) >= 11 is 0. The Hall–Kier alpha value is -15.0. The van der Waals surface area contributed by atoms with Crippen LogP contribution < -0.4 is 44.0 Å². The van der Waals surface area contributed by atoms with Crippen molar-refractivity contribution in [1.29, 1.82) is 0 Å². The molecule has 2 aromatic carbocycles. The van der Waals surface area contributed by atoms with Crippen molar-refractivity contribution in [3.63, 3.8) is 0 Å². The highest BCUT2D eigenvalue weighted by Gasteiger charge is 2.65. The lowest BCUT2D eigenvalue weighted by molar-refractivity contribution is -0.395. The monoisotopic (exact) mass is 2090 g/mol. The Morgan fingerprint density at radius 3 is 0.945 bits per heavy atom. The van der Waals surface area contributed by atoms with Gasteiger partial charge < -0.3 is 97.3 Å². The number of hydrogen-bond donors (Lipinski definition) is 11. The van der Waals surface area contributed by atoms with Gasteiger partial charge in [0.05, 0.1) is 83.6 Å². The molecule has 145 heavy (non-hydrogen) atoms. The molecule has 8 heterocycles. The topological polar surface area (TPSA) is 758 Å². The maximum Gasteiger partial charge on any atom is 0.509 e. The maximum atomic E-state index is 15.0. The van der Waals surface area contributed by atoms with Crippen LogP contribution >= 0.6 is 0 Å². The van der Waals surface area contributed by atoms with Crippen LogP contribution in [0.5, 0.6) is 11.5 Å². The third-order valence-corrected chi connectivity index (χ3v) is 19.3. The van der Waals surface area contributed by atoms with Gasteiger partial charge in [0.1, 0.15) is 71.1 Å². The number of phenolic OH excluding ortho intramolecular Hbond substituents is 2. The molecule has 4 aromatic heterocycles. The van der Waals surface area contributed by atoms with Gasteiger partial charge in [-0.2, -0.15) is 55.1 Å². The molecule has 6 aromatic rings. The molecule has 12 atom stereocenters. The lowest BCUT2D eigenvalue weighted by Gasteiger charge is -2.25. The molecule has 800 valence electrons. The van der Waals surface area contributed by atoms with Crippen molar-refractivity contribution in [2.45, 2.75) is 236 Å². The SMILES string of the molecule is CC(=O)c1cc([N+](=O)[O-])cc([N+](=O)[O-])c1O.CCCCOC(=O)Nc1ccn([C@@H]2O[C@H](CO)C(O)C2(F)F)c(=O)n1.CCCCOC(=O)Nc1ccn([C@@H]2O[C@H](CO)C(OC(=O)OC(C)(C)C)C2(F)F)c(=O)n1.CCCCOC(=O)Nc1ccn([C@@H]2O[C@H](CO)C(OC(=O)OC(C)(C)C)C2(F)F)c(=O)n1.CCCCOC(=O)Nc1ccn([C@@H]2O[C@H](COC(=O)c3cc([N+](=O)[O-])cc([N+](=O)[O-])c3O)C(O)C2(F)F)c(=O)n1. The first-order chi connectivity index (χ1) is 67.7. The molecule has 4 aliphatic heterocycles. The number of carbonyl (C=O) groups excluding carboxylic acids is 8. The lowest BCUT2D eigenvalue weighted by atomic mass is 10.1. The molecule has 0 saturated carbocycles. The first-order valence-electron chi connectivity index (χ1n) is 42.9. The number of nitrogens with zero attached hydrogens (tertiary/aromatic N) is 12. The zero-order valence-corrected chi connectivity index (χ0v) is 78.2. The number of benzene rings is 2. The minimum Gasteiger partial charge on any atom is -0.502 e. The number of ketones is 1. The number of aromatic nitrogens is 8. The number of aromatic hydroxyl groups is 2. The van der Waals surface area contributed by atoms with E-state index in [4.69, 9.17) is 66.7 Å². The zero-order valence-electron chi connectivity index (χ0n) is 78.2. The minimum atomic E-state index is -4.14. The Balaban J connectivity index is 0.000000284. The number of aliphatic hydroxyl groups excluding tert-OH is 5. The molecule has 56 nitrogen and oxygen atoms in total. The number of aliphatic hydroxyl groups is 5. The highest BCUT2D eigenvalue weighted by molar-refractivity contribution is 5.99. The minimum absolute atomic E-state index is 0.100. The van der Waals surface area contributed by atoms with Crippen LogP contribution in [0, 0.1) is 40.5 Å². The van der Waals surface area contributed by atoms with E-state index in [0.717, 1.165) is 87.7 Å². The van der Waals surface area contributed by atoms with Crippen LogP contribution in [0.4, 0.5) is 110 Å². The fraction of sp³-hybridized carbons (Fsp3) is 0.556. The average molecular weight is 2090 g/mol. The number of nitrogens with one attached hydrogen (secondary N) is 4. The number of carbonyl (C=O) groups is 8. The molecule has 0 spiro atoms. The Morgan fingerprint density at radius 1 is 0.421 bits per heavy atom. The summed E-state index contributed by atoms with van der Waals surface area (Å²) in [6.07, 6.45) is -21.9. The number of ether oxygens (including phenoxy) is 13. The van der Waals surface area contributed by atoms with Crippen molar-refractivity contribution >= 4 is 94.5 Å². The Morgan fingerprint density at radius 2 is 0.690 bits per heavy atom. The predicted octanol–water partition coefficient (Wildman–Crippen LogP) is 8.63. The second-order valence-electron chi connectivity index (χ2n) is 32.6. The number of nitro benzene ring substituents is 4. The Labute approximate surface area is 809 Å². The van der Waals surface area contributed by atoms with Crippen LogP contribution in [0.25, 0.3) is 0 Å². The summed E-state index contributed by atoms with van der Waals surface area (Å²) in [7, 11) is 0. The molecule has 0 radical (unpaired) electrons. The second-order valence-corrected chi connectivity index (χ2v) is 32.6. The van der Waals surface area contributed by atoms with E-state index in [1.54, 1.807) is 0 Å². The fourth-order valence-corrected chi connectivity index (χ4v) is 12.3. The smallest absolute Gasteiger partial charge is 0.502 e. The summed E-state index contributed by atoms with van der Waals surface area (Å²) in [6, 6.07) is 6.54. The maximum absolute atomic E-state index is 15.0. The molecule has 0 bridgehead atoms. The van der Waals surface area contributed by atoms with Crippen molar-refractivity contribution < 1.29 is 190 Å². The number of non-ortho nitro benzene ring substituents is 2. The third kappa shape index (κ3) is 32.2. The molecule has 4 aliphatic rings. The predicted molar refractivity (Wildman–Crippen MR) is 468 cm³/mol. The second kappa shape index (κ2) is 51.8. The number of esters is 1. The Kier molecular flexibility index (Phi) is 42.4. The molecule has 4 amide bonds. The summed E-state index contributed by atoms with van der Waals surface area (Å²) in [5.74, 6) is -21.1. The van der Waals surface area contributed by atoms with Gasteiger partial charge in [0, 0.05) is 36.9 Å². The van der Waals surface area contributed by atoms with Gasteiger partial charge in [0.2, 0.25) is 48.6 Å². The number of alkyl halides is 8. The molecular weight excluding hydrogens is 1990 g/mol.